The SMILES string of the molecule is CC(C)[C@@H]1CC[C@H](C)C/C1=N/NC(=O)c1ccc(F)cc1. The third-order valence-electron chi connectivity index (χ3n) is 4.17. The summed E-state index contributed by atoms with van der Waals surface area (Å²) in [7, 11) is 0. The van der Waals surface area contributed by atoms with E-state index in [0.29, 0.717) is 23.3 Å². The van der Waals surface area contributed by atoms with Crippen LogP contribution >= 0.6 is 0 Å². The second-order valence-electron chi connectivity index (χ2n) is 6.29. The first-order chi connectivity index (χ1) is 9.97. The van der Waals surface area contributed by atoms with Crippen LogP contribution in [0.2, 0.25) is 0 Å². The van der Waals surface area contributed by atoms with Crippen LogP contribution in [0.3, 0.4) is 0 Å². The topological polar surface area (TPSA) is 41.5 Å². The highest BCUT2D eigenvalue weighted by molar-refractivity contribution is 5.96. The lowest BCUT2D eigenvalue weighted by Crippen LogP contribution is -2.31. The zero-order valence-corrected chi connectivity index (χ0v) is 12.9. The van der Waals surface area contributed by atoms with Crippen LogP contribution < -0.4 is 5.43 Å². The molecule has 0 unspecified atom stereocenters. The summed E-state index contributed by atoms with van der Waals surface area (Å²) in [6, 6.07) is 5.49. The van der Waals surface area contributed by atoms with Crippen LogP contribution in [0.15, 0.2) is 29.4 Å². The number of rotatable bonds is 3. The first-order valence-electron chi connectivity index (χ1n) is 7.59. The fourth-order valence-electron chi connectivity index (χ4n) is 2.88. The van der Waals surface area contributed by atoms with Crippen molar-refractivity contribution >= 4 is 11.6 Å². The normalized spacial score (nSPS) is 24.3. The molecule has 3 nitrogen and oxygen atoms in total. The Morgan fingerprint density at radius 1 is 1.29 bits per heavy atom. The van der Waals surface area contributed by atoms with Gasteiger partial charge in [-0.2, -0.15) is 5.10 Å². The Bertz CT molecular complexity index is 522. The minimum absolute atomic E-state index is 0.289. The molecule has 0 bridgehead atoms. The van der Waals surface area contributed by atoms with Crippen molar-refractivity contribution in [2.24, 2.45) is 22.9 Å². The number of halogens is 1. The van der Waals surface area contributed by atoms with E-state index in [9.17, 15) is 9.18 Å². The summed E-state index contributed by atoms with van der Waals surface area (Å²) < 4.78 is 12.9. The van der Waals surface area contributed by atoms with Crippen molar-refractivity contribution < 1.29 is 9.18 Å². The Morgan fingerprint density at radius 3 is 2.57 bits per heavy atom. The number of amides is 1. The fraction of sp³-hybridized carbons (Fsp3) is 0.529. The third kappa shape index (κ3) is 4.13. The molecule has 1 fully saturated rings. The van der Waals surface area contributed by atoms with Crippen molar-refractivity contribution in [2.75, 3.05) is 0 Å². The average Bonchev–Trinajstić information content (AvgIpc) is 2.45. The van der Waals surface area contributed by atoms with E-state index >= 15 is 0 Å². The van der Waals surface area contributed by atoms with Gasteiger partial charge in [-0.15, -0.1) is 0 Å². The molecule has 0 aliphatic heterocycles. The molecule has 2 rings (SSSR count). The van der Waals surface area contributed by atoms with Crippen molar-refractivity contribution in [2.45, 2.75) is 40.0 Å². The highest BCUT2D eigenvalue weighted by Crippen LogP contribution is 2.31. The molecule has 1 aliphatic carbocycles. The lowest BCUT2D eigenvalue weighted by atomic mass is 9.76. The Morgan fingerprint density at radius 2 is 1.95 bits per heavy atom. The number of carbonyl (C=O) groups excluding carboxylic acids is 1. The summed E-state index contributed by atoms with van der Waals surface area (Å²) in [6.07, 6.45) is 3.28. The molecule has 0 aromatic heterocycles. The summed E-state index contributed by atoms with van der Waals surface area (Å²) in [6.45, 7) is 6.60. The van der Waals surface area contributed by atoms with Gasteiger partial charge >= 0.3 is 0 Å². The van der Waals surface area contributed by atoms with E-state index in [1.807, 2.05) is 0 Å². The van der Waals surface area contributed by atoms with Crippen molar-refractivity contribution in [3.05, 3.63) is 35.6 Å². The van der Waals surface area contributed by atoms with Crippen molar-refractivity contribution in [1.29, 1.82) is 0 Å². The Hall–Kier alpha value is -1.71. The van der Waals surface area contributed by atoms with Crippen LogP contribution in [0.25, 0.3) is 0 Å². The van der Waals surface area contributed by atoms with Crippen LogP contribution in [0.4, 0.5) is 4.39 Å². The molecule has 0 saturated heterocycles. The van der Waals surface area contributed by atoms with Crippen molar-refractivity contribution in [3.8, 4) is 0 Å². The van der Waals surface area contributed by atoms with Gasteiger partial charge in [0.05, 0.1) is 0 Å². The predicted octanol–water partition coefficient (Wildman–Crippen LogP) is 4.00. The molecule has 1 N–H and O–H groups in total. The quantitative estimate of drug-likeness (QED) is 0.840. The van der Waals surface area contributed by atoms with E-state index in [-0.39, 0.29) is 11.7 Å². The number of carbonyl (C=O) groups is 1. The molecule has 2 atom stereocenters. The van der Waals surface area contributed by atoms with Gasteiger partial charge in [-0.25, -0.2) is 9.82 Å². The van der Waals surface area contributed by atoms with Crippen LogP contribution in [-0.4, -0.2) is 11.6 Å². The van der Waals surface area contributed by atoms with Crippen molar-refractivity contribution in [3.63, 3.8) is 0 Å². The first kappa shape index (κ1) is 15.7. The van der Waals surface area contributed by atoms with Gasteiger partial charge in [0, 0.05) is 17.2 Å². The molecule has 0 radical (unpaired) electrons. The van der Waals surface area contributed by atoms with E-state index in [4.69, 9.17) is 0 Å². The highest BCUT2D eigenvalue weighted by atomic mass is 19.1. The third-order valence-corrected chi connectivity index (χ3v) is 4.17. The lowest BCUT2D eigenvalue weighted by Gasteiger charge is -2.30. The number of benzene rings is 1. The van der Waals surface area contributed by atoms with Crippen LogP contribution in [-0.2, 0) is 0 Å². The van der Waals surface area contributed by atoms with Crippen LogP contribution in [0.5, 0.6) is 0 Å². The van der Waals surface area contributed by atoms with E-state index < -0.39 is 0 Å². The van der Waals surface area contributed by atoms with Gasteiger partial charge < -0.3 is 0 Å². The summed E-state index contributed by atoms with van der Waals surface area (Å²) in [5.41, 5.74) is 4.12. The summed E-state index contributed by atoms with van der Waals surface area (Å²) >= 11 is 0. The van der Waals surface area contributed by atoms with Gasteiger partial charge in [0.2, 0.25) is 0 Å². The van der Waals surface area contributed by atoms with Gasteiger partial charge in [0.15, 0.2) is 0 Å². The Kier molecular flexibility index (Phi) is 5.10. The zero-order valence-electron chi connectivity index (χ0n) is 12.9. The summed E-state index contributed by atoms with van der Waals surface area (Å²) in [5.74, 6) is 0.942. The second-order valence-corrected chi connectivity index (χ2v) is 6.29. The van der Waals surface area contributed by atoms with E-state index in [2.05, 4.69) is 31.3 Å². The minimum Gasteiger partial charge on any atom is -0.267 e. The molecule has 4 heteroatoms. The highest BCUT2D eigenvalue weighted by Gasteiger charge is 2.27. The van der Waals surface area contributed by atoms with Gasteiger partial charge in [-0.05, 0) is 55.4 Å². The number of nitrogens with one attached hydrogen (secondary N) is 1. The minimum atomic E-state index is -0.348. The second kappa shape index (κ2) is 6.83. The smallest absolute Gasteiger partial charge is 0.267 e. The molecule has 1 aromatic rings. The maximum Gasteiger partial charge on any atom is 0.271 e. The summed E-state index contributed by atoms with van der Waals surface area (Å²) in [4.78, 5) is 12.0. The van der Waals surface area contributed by atoms with Gasteiger partial charge in [-0.1, -0.05) is 20.8 Å². The predicted molar refractivity (Wildman–Crippen MR) is 82.6 cm³/mol. The molecular formula is C17H23FN2O. The van der Waals surface area contributed by atoms with Gasteiger partial charge in [-0.3, -0.25) is 4.79 Å². The first-order valence-corrected chi connectivity index (χ1v) is 7.59. The van der Waals surface area contributed by atoms with Gasteiger partial charge in [0.1, 0.15) is 5.82 Å². The number of nitrogens with zero attached hydrogens (tertiary/aromatic N) is 1. The molecular weight excluding hydrogens is 267 g/mol. The standard InChI is InChI=1S/C17H23FN2O/c1-11(2)15-9-4-12(3)10-16(15)19-20-17(21)13-5-7-14(18)8-6-13/h5-8,11-12,15H,4,9-10H2,1-3H3,(H,20,21)/b19-16-/t12-,15-/m0/s1. The number of hydrogen-bond acceptors (Lipinski definition) is 2. The van der Waals surface area contributed by atoms with Crippen LogP contribution in [0, 0.1) is 23.6 Å². The maximum absolute atomic E-state index is 12.9. The zero-order chi connectivity index (χ0) is 15.4. The largest absolute Gasteiger partial charge is 0.271 e. The van der Waals surface area contributed by atoms with Crippen LogP contribution in [0.1, 0.15) is 50.4 Å². The van der Waals surface area contributed by atoms with Crippen molar-refractivity contribution in [1.82, 2.24) is 5.43 Å². The molecule has 21 heavy (non-hydrogen) atoms. The monoisotopic (exact) mass is 290 g/mol. The van der Waals surface area contributed by atoms with E-state index in [1.54, 1.807) is 0 Å². The molecule has 114 valence electrons. The van der Waals surface area contributed by atoms with E-state index in [0.717, 1.165) is 18.6 Å². The number of hydrazone groups is 1. The molecule has 1 saturated carbocycles. The average molecular weight is 290 g/mol. The van der Waals surface area contributed by atoms with E-state index in [1.165, 1.54) is 30.7 Å². The fourth-order valence-corrected chi connectivity index (χ4v) is 2.88. The lowest BCUT2D eigenvalue weighted by molar-refractivity contribution is 0.0954. The Balaban J connectivity index is 2.06. The molecule has 1 aliphatic rings. The number of hydrogen-bond donors (Lipinski definition) is 1. The molecule has 1 aromatic carbocycles. The molecule has 0 heterocycles. The maximum atomic E-state index is 12.9. The molecule has 0 spiro atoms. The summed E-state index contributed by atoms with van der Waals surface area (Å²) in [5, 5.41) is 4.36. The van der Waals surface area contributed by atoms with Gasteiger partial charge in [0.25, 0.3) is 5.91 Å². The molecule has 1 amide bonds. The Labute approximate surface area is 125 Å².